The number of amides is 1. The Morgan fingerprint density at radius 3 is 2.52 bits per heavy atom. The molecule has 1 amide bonds. The third-order valence-corrected chi connectivity index (χ3v) is 5.32. The van der Waals surface area contributed by atoms with Crippen LogP contribution in [-0.4, -0.2) is 19.1 Å². The molecule has 0 radical (unpaired) electrons. The maximum atomic E-state index is 13.1. The molecule has 27 heavy (non-hydrogen) atoms. The van der Waals surface area contributed by atoms with Crippen molar-refractivity contribution < 1.29 is 14.8 Å². The van der Waals surface area contributed by atoms with Gasteiger partial charge in [-0.15, -0.1) is 0 Å². The zero-order chi connectivity index (χ0) is 18.9. The van der Waals surface area contributed by atoms with Gasteiger partial charge in [0.25, 0.3) is 5.91 Å². The number of rotatable bonds is 8. The Morgan fingerprint density at radius 1 is 1.07 bits per heavy atom. The Bertz CT molecular complexity index is 711. The molecule has 144 valence electrons. The van der Waals surface area contributed by atoms with E-state index in [-0.39, 0.29) is 11.9 Å². The minimum atomic E-state index is -0.247. The minimum Gasteiger partial charge on any atom is -0.492 e. The van der Waals surface area contributed by atoms with Crippen molar-refractivity contribution in [1.29, 1.82) is 0 Å². The minimum absolute atomic E-state index is 0.00385. The Balaban J connectivity index is 1.72. The molecule has 3 rings (SSSR count). The largest absolute Gasteiger partial charge is 0.492 e. The van der Waals surface area contributed by atoms with Crippen molar-refractivity contribution in [3.63, 3.8) is 0 Å². The molecule has 1 aliphatic carbocycles. The van der Waals surface area contributed by atoms with Gasteiger partial charge in [0.05, 0.1) is 18.8 Å². The van der Waals surface area contributed by atoms with Crippen LogP contribution in [0.3, 0.4) is 0 Å². The summed E-state index contributed by atoms with van der Waals surface area (Å²) in [5.41, 5.74) is 1.77. The predicted octanol–water partition coefficient (Wildman–Crippen LogP) is 3.91. The molecular weight excluding hydrogens is 336 g/mol. The molecule has 0 spiro atoms. The van der Waals surface area contributed by atoms with Gasteiger partial charge in [-0.1, -0.05) is 61.7 Å². The lowest BCUT2D eigenvalue weighted by molar-refractivity contribution is -0.688. The highest BCUT2D eigenvalue weighted by molar-refractivity contribution is 5.95. The Kier molecular flexibility index (Phi) is 7.28. The molecule has 1 fully saturated rings. The molecule has 1 saturated carbocycles. The summed E-state index contributed by atoms with van der Waals surface area (Å²) in [4.78, 5) is 13.1. The molecule has 0 saturated heterocycles. The number of carbonyl (C=O) groups is 1. The topological polar surface area (TPSA) is 54.9 Å². The van der Waals surface area contributed by atoms with E-state index in [0.717, 1.165) is 17.8 Å². The summed E-state index contributed by atoms with van der Waals surface area (Å²) >= 11 is 0. The van der Waals surface area contributed by atoms with E-state index in [0.29, 0.717) is 18.3 Å². The summed E-state index contributed by atoms with van der Waals surface area (Å²) in [7, 11) is 0. The van der Waals surface area contributed by atoms with Crippen molar-refractivity contribution in [2.24, 2.45) is 5.92 Å². The molecule has 2 aromatic carbocycles. The van der Waals surface area contributed by atoms with Gasteiger partial charge >= 0.3 is 0 Å². The first-order chi connectivity index (χ1) is 13.3. The van der Waals surface area contributed by atoms with Gasteiger partial charge in [-0.25, -0.2) is 0 Å². The lowest BCUT2D eigenvalue weighted by atomic mass is 9.89. The highest BCUT2D eigenvalue weighted by atomic mass is 16.5. The first-order valence-electron chi connectivity index (χ1n) is 10.2. The van der Waals surface area contributed by atoms with Crippen molar-refractivity contribution >= 4 is 11.6 Å². The van der Waals surface area contributed by atoms with Crippen molar-refractivity contribution in [2.45, 2.75) is 45.1 Å². The molecule has 4 heteroatoms. The van der Waals surface area contributed by atoms with Crippen LogP contribution in [0.15, 0.2) is 54.6 Å². The van der Waals surface area contributed by atoms with Gasteiger partial charge in [-0.05, 0) is 31.9 Å². The van der Waals surface area contributed by atoms with Crippen molar-refractivity contribution in [3.8, 4) is 5.75 Å². The van der Waals surface area contributed by atoms with E-state index in [9.17, 15) is 4.79 Å². The number of nitrogens with two attached hydrogens (primary N) is 1. The van der Waals surface area contributed by atoms with Crippen LogP contribution in [0.25, 0.3) is 0 Å². The second-order valence-corrected chi connectivity index (χ2v) is 7.28. The molecule has 0 aliphatic heterocycles. The maximum absolute atomic E-state index is 13.1. The monoisotopic (exact) mass is 367 g/mol. The normalized spacial score (nSPS) is 15.9. The standard InChI is InChI=1S/C23H30N2O2/c1-2-27-21-16-10-9-15-20(21)25-23(26)22(19-13-7-4-8-14-19)24-17-18-11-5-3-6-12-18/h4,7-10,13-16,18,22,24H,2-3,5-6,11-12,17H2,1H3,(H,25,26)/p+1/t22-/m0/s1. The number of ether oxygens (including phenoxy) is 1. The fourth-order valence-corrected chi connectivity index (χ4v) is 3.87. The fourth-order valence-electron chi connectivity index (χ4n) is 3.87. The summed E-state index contributed by atoms with van der Waals surface area (Å²) in [5, 5.41) is 5.30. The zero-order valence-corrected chi connectivity index (χ0v) is 16.2. The number of anilines is 1. The third-order valence-electron chi connectivity index (χ3n) is 5.32. The van der Waals surface area contributed by atoms with Crippen LogP contribution >= 0.6 is 0 Å². The number of hydrogen-bond acceptors (Lipinski definition) is 2. The van der Waals surface area contributed by atoms with Gasteiger partial charge in [-0.3, -0.25) is 4.79 Å². The fraction of sp³-hybridized carbons (Fsp3) is 0.435. The maximum Gasteiger partial charge on any atom is 0.287 e. The van der Waals surface area contributed by atoms with Gasteiger partial charge in [0.2, 0.25) is 0 Å². The van der Waals surface area contributed by atoms with E-state index in [1.54, 1.807) is 0 Å². The highest BCUT2D eigenvalue weighted by Gasteiger charge is 2.26. The molecule has 1 aliphatic rings. The smallest absolute Gasteiger partial charge is 0.287 e. The summed E-state index contributed by atoms with van der Waals surface area (Å²) in [5.74, 6) is 1.44. The third kappa shape index (κ3) is 5.57. The van der Waals surface area contributed by atoms with Crippen LogP contribution in [0.5, 0.6) is 5.75 Å². The van der Waals surface area contributed by atoms with E-state index < -0.39 is 0 Å². The van der Waals surface area contributed by atoms with Gasteiger partial charge < -0.3 is 15.4 Å². The van der Waals surface area contributed by atoms with E-state index in [1.165, 1.54) is 32.1 Å². The van der Waals surface area contributed by atoms with Crippen LogP contribution < -0.4 is 15.4 Å². The molecule has 0 bridgehead atoms. The quantitative estimate of drug-likeness (QED) is 0.743. The van der Waals surface area contributed by atoms with Crippen LogP contribution in [0, 0.1) is 5.92 Å². The van der Waals surface area contributed by atoms with E-state index in [2.05, 4.69) is 10.6 Å². The lowest BCUT2D eigenvalue weighted by Gasteiger charge is -2.23. The molecule has 3 N–H and O–H groups in total. The van der Waals surface area contributed by atoms with Gasteiger partial charge in [0.1, 0.15) is 5.75 Å². The van der Waals surface area contributed by atoms with E-state index in [4.69, 9.17) is 4.74 Å². The van der Waals surface area contributed by atoms with Crippen LogP contribution in [0.1, 0.15) is 50.6 Å². The average Bonchev–Trinajstić information content (AvgIpc) is 2.71. The van der Waals surface area contributed by atoms with E-state index >= 15 is 0 Å². The predicted molar refractivity (Wildman–Crippen MR) is 109 cm³/mol. The van der Waals surface area contributed by atoms with Gasteiger partial charge in [0, 0.05) is 11.5 Å². The number of carbonyl (C=O) groups excluding carboxylic acids is 1. The highest BCUT2D eigenvalue weighted by Crippen LogP contribution is 2.25. The van der Waals surface area contributed by atoms with Crippen molar-refractivity contribution in [3.05, 3.63) is 60.2 Å². The number of hydrogen-bond donors (Lipinski definition) is 2. The molecular formula is C23H31N2O2+. The first kappa shape index (κ1) is 19.4. The lowest BCUT2D eigenvalue weighted by Crippen LogP contribution is -2.88. The number of nitrogens with one attached hydrogen (secondary N) is 1. The Labute approximate surface area is 162 Å². The SMILES string of the molecule is CCOc1ccccc1NC(=O)[C@@H]([NH2+]CC1CCCCC1)c1ccccc1. The molecule has 4 nitrogen and oxygen atoms in total. The second kappa shape index (κ2) is 10.1. The van der Waals surface area contributed by atoms with Crippen LogP contribution in [0.2, 0.25) is 0 Å². The molecule has 0 unspecified atom stereocenters. The Morgan fingerprint density at radius 2 is 1.78 bits per heavy atom. The summed E-state index contributed by atoms with van der Waals surface area (Å²) in [6.07, 6.45) is 6.57. The van der Waals surface area contributed by atoms with Gasteiger partial charge in [0.15, 0.2) is 6.04 Å². The molecule has 0 heterocycles. The van der Waals surface area contributed by atoms with E-state index in [1.807, 2.05) is 61.5 Å². The Hall–Kier alpha value is -2.33. The number of benzene rings is 2. The van der Waals surface area contributed by atoms with Crippen molar-refractivity contribution in [2.75, 3.05) is 18.5 Å². The summed E-state index contributed by atoms with van der Waals surface area (Å²) in [6.45, 7) is 3.52. The summed E-state index contributed by atoms with van der Waals surface area (Å²) in [6, 6.07) is 17.4. The van der Waals surface area contributed by atoms with Crippen LogP contribution in [0.4, 0.5) is 5.69 Å². The summed E-state index contributed by atoms with van der Waals surface area (Å²) < 4.78 is 5.65. The zero-order valence-electron chi connectivity index (χ0n) is 16.2. The first-order valence-corrected chi connectivity index (χ1v) is 10.2. The molecule has 2 aromatic rings. The number of quaternary nitrogens is 1. The van der Waals surface area contributed by atoms with Crippen LogP contribution in [-0.2, 0) is 4.79 Å². The number of para-hydroxylation sites is 2. The average molecular weight is 368 g/mol. The van der Waals surface area contributed by atoms with Crippen molar-refractivity contribution in [1.82, 2.24) is 0 Å². The molecule has 1 atom stereocenters. The molecule has 0 aromatic heterocycles. The second-order valence-electron chi connectivity index (χ2n) is 7.28. The van der Waals surface area contributed by atoms with Gasteiger partial charge in [-0.2, -0.15) is 0 Å².